The molecule has 1 amide bonds. The third-order valence-electron chi connectivity index (χ3n) is 3.75. The van der Waals surface area contributed by atoms with Crippen LogP contribution in [0, 0.1) is 0 Å². The van der Waals surface area contributed by atoms with E-state index >= 15 is 0 Å². The van der Waals surface area contributed by atoms with Crippen molar-refractivity contribution in [2.45, 2.75) is 36.8 Å². The van der Waals surface area contributed by atoms with Crippen LogP contribution in [0.2, 0.25) is 0 Å². The van der Waals surface area contributed by atoms with Crippen LogP contribution in [-0.2, 0) is 23.8 Å². The average Bonchev–Trinajstić information content (AvgIpc) is 3.12. The van der Waals surface area contributed by atoms with E-state index in [1.54, 1.807) is 0 Å². The SMILES string of the molecule is COC(=O)C1CC(F)(F)CN1.COC(=O)C1CC(F)(F)CN1C(=O)OC. The molecular formula is C14H20F4N2O6. The first kappa shape index (κ1) is 21.9. The monoisotopic (exact) mass is 388 g/mol. The zero-order valence-electron chi connectivity index (χ0n) is 14.4. The second-order valence-electron chi connectivity index (χ2n) is 5.71. The topological polar surface area (TPSA) is 94.2 Å². The summed E-state index contributed by atoms with van der Waals surface area (Å²) in [6.45, 7) is -1.26. The molecule has 2 fully saturated rings. The molecule has 2 atom stereocenters. The number of hydrogen-bond acceptors (Lipinski definition) is 7. The van der Waals surface area contributed by atoms with Crippen LogP contribution >= 0.6 is 0 Å². The fraction of sp³-hybridized carbons (Fsp3) is 0.786. The van der Waals surface area contributed by atoms with Crippen LogP contribution in [0.5, 0.6) is 0 Å². The molecule has 2 rings (SSSR count). The standard InChI is InChI=1S/C8H11F2NO4.C6H9F2NO2/c1-14-6(12)5-3-8(9,10)4-11(5)7(13)15-2;1-11-5(10)4-2-6(7,8)3-9-4/h5H,3-4H2,1-2H3;4,9H,2-3H2,1H3. The molecule has 0 spiro atoms. The highest BCUT2D eigenvalue weighted by atomic mass is 19.3. The molecule has 1 N–H and O–H groups in total. The van der Waals surface area contributed by atoms with E-state index in [4.69, 9.17) is 0 Å². The molecule has 2 aliphatic heterocycles. The van der Waals surface area contributed by atoms with E-state index in [2.05, 4.69) is 19.5 Å². The molecule has 2 saturated heterocycles. The van der Waals surface area contributed by atoms with Gasteiger partial charge in [-0.1, -0.05) is 0 Å². The van der Waals surface area contributed by atoms with Gasteiger partial charge >= 0.3 is 18.0 Å². The second-order valence-corrected chi connectivity index (χ2v) is 5.71. The molecule has 0 radical (unpaired) electrons. The molecule has 0 bridgehead atoms. The summed E-state index contributed by atoms with van der Waals surface area (Å²) in [7, 11) is 3.32. The number of esters is 2. The van der Waals surface area contributed by atoms with Gasteiger partial charge < -0.3 is 14.2 Å². The second kappa shape index (κ2) is 8.52. The zero-order chi connectivity index (χ0) is 20.1. The van der Waals surface area contributed by atoms with Gasteiger partial charge in [-0.05, 0) is 0 Å². The minimum atomic E-state index is -3.08. The number of methoxy groups -OCH3 is 3. The van der Waals surface area contributed by atoms with Crippen molar-refractivity contribution in [3.63, 3.8) is 0 Å². The smallest absolute Gasteiger partial charge is 0.410 e. The number of halogens is 4. The van der Waals surface area contributed by atoms with Gasteiger partial charge in [0, 0.05) is 12.8 Å². The van der Waals surface area contributed by atoms with E-state index in [9.17, 15) is 31.9 Å². The molecule has 0 aromatic heterocycles. The lowest BCUT2D eigenvalue weighted by atomic mass is 10.2. The summed E-state index contributed by atoms with van der Waals surface area (Å²) in [6, 6.07) is -2.10. The summed E-state index contributed by atoms with van der Waals surface area (Å²) in [5.74, 6) is -7.33. The number of alkyl halides is 4. The van der Waals surface area contributed by atoms with E-state index in [0.29, 0.717) is 4.90 Å². The minimum absolute atomic E-state index is 0.438. The van der Waals surface area contributed by atoms with Crippen molar-refractivity contribution in [3.05, 3.63) is 0 Å². The first-order valence-electron chi connectivity index (χ1n) is 7.45. The molecule has 8 nitrogen and oxygen atoms in total. The lowest BCUT2D eigenvalue weighted by Gasteiger charge is -2.19. The van der Waals surface area contributed by atoms with Gasteiger partial charge in [0.05, 0.1) is 34.4 Å². The lowest BCUT2D eigenvalue weighted by Crippen LogP contribution is -2.41. The molecule has 0 aliphatic carbocycles. The van der Waals surface area contributed by atoms with Crippen molar-refractivity contribution >= 4 is 18.0 Å². The summed E-state index contributed by atoms with van der Waals surface area (Å²) in [6.07, 6.45) is -2.14. The van der Waals surface area contributed by atoms with E-state index in [0.717, 1.165) is 14.2 Å². The highest BCUT2D eigenvalue weighted by Crippen LogP contribution is 2.32. The maximum absolute atomic E-state index is 13.0. The van der Waals surface area contributed by atoms with Gasteiger partial charge in [0.25, 0.3) is 11.8 Å². The lowest BCUT2D eigenvalue weighted by molar-refractivity contribution is -0.145. The van der Waals surface area contributed by atoms with Gasteiger partial charge in [0.1, 0.15) is 12.1 Å². The largest absolute Gasteiger partial charge is 0.468 e. The molecular weight excluding hydrogens is 368 g/mol. The van der Waals surface area contributed by atoms with Crippen LogP contribution in [0.1, 0.15) is 12.8 Å². The Morgan fingerprint density at radius 1 is 0.923 bits per heavy atom. The van der Waals surface area contributed by atoms with Crippen LogP contribution < -0.4 is 5.32 Å². The summed E-state index contributed by atoms with van der Waals surface area (Å²) >= 11 is 0. The number of carbonyl (C=O) groups is 3. The Bertz CT molecular complexity index is 520. The minimum Gasteiger partial charge on any atom is -0.468 e. The fourth-order valence-corrected chi connectivity index (χ4v) is 2.50. The zero-order valence-corrected chi connectivity index (χ0v) is 14.4. The van der Waals surface area contributed by atoms with Crippen molar-refractivity contribution in [1.29, 1.82) is 0 Å². The molecule has 0 aromatic carbocycles. The maximum atomic E-state index is 13.0. The Morgan fingerprint density at radius 3 is 1.92 bits per heavy atom. The summed E-state index contributed by atoms with van der Waals surface area (Å²) in [4.78, 5) is 33.6. The molecule has 0 saturated carbocycles. The molecule has 2 heterocycles. The predicted octanol–water partition coefficient (Wildman–Crippen LogP) is 0.792. The van der Waals surface area contributed by atoms with Crippen LogP contribution in [-0.4, -0.2) is 81.3 Å². The first-order chi connectivity index (χ1) is 12.0. The number of carbonyl (C=O) groups excluding carboxylic acids is 3. The first-order valence-corrected chi connectivity index (χ1v) is 7.45. The van der Waals surface area contributed by atoms with Crippen molar-refractivity contribution < 1.29 is 46.2 Å². The summed E-state index contributed by atoms with van der Waals surface area (Å²) < 4.78 is 63.7. The predicted molar refractivity (Wildman–Crippen MR) is 77.8 cm³/mol. The fourth-order valence-electron chi connectivity index (χ4n) is 2.50. The number of amides is 1. The van der Waals surface area contributed by atoms with Gasteiger partial charge in [-0.2, -0.15) is 0 Å². The van der Waals surface area contributed by atoms with E-state index in [-0.39, 0.29) is 0 Å². The van der Waals surface area contributed by atoms with Gasteiger partial charge in [-0.25, -0.2) is 27.2 Å². The van der Waals surface area contributed by atoms with Crippen molar-refractivity contribution in [3.8, 4) is 0 Å². The summed E-state index contributed by atoms with van der Waals surface area (Å²) in [5.41, 5.74) is 0. The Labute approximate surface area is 146 Å². The normalized spacial score (nSPS) is 25.7. The number of hydrogen-bond donors (Lipinski definition) is 1. The van der Waals surface area contributed by atoms with E-state index in [1.807, 2.05) is 0 Å². The Kier molecular flexibility index (Phi) is 7.18. The van der Waals surface area contributed by atoms with Crippen LogP contribution in [0.25, 0.3) is 0 Å². The molecule has 0 aromatic rings. The third kappa shape index (κ3) is 5.71. The van der Waals surface area contributed by atoms with Crippen LogP contribution in [0.15, 0.2) is 0 Å². The van der Waals surface area contributed by atoms with Gasteiger partial charge in [-0.15, -0.1) is 0 Å². The Morgan fingerprint density at radius 2 is 1.50 bits per heavy atom. The molecule has 150 valence electrons. The number of rotatable bonds is 2. The maximum Gasteiger partial charge on any atom is 0.410 e. The highest BCUT2D eigenvalue weighted by Gasteiger charge is 2.51. The molecule has 2 aliphatic rings. The van der Waals surface area contributed by atoms with Crippen molar-refractivity contribution in [1.82, 2.24) is 10.2 Å². The van der Waals surface area contributed by atoms with Gasteiger partial charge in [-0.3, -0.25) is 15.0 Å². The van der Waals surface area contributed by atoms with Gasteiger partial charge in [0.2, 0.25) is 0 Å². The van der Waals surface area contributed by atoms with E-state index in [1.165, 1.54) is 7.11 Å². The van der Waals surface area contributed by atoms with Crippen molar-refractivity contribution in [2.24, 2.45) is 0 Å². The van der Waals surface area contributed by atoms with Crippen LogP contribution in [0.4, 0.5) is 22.4 Å². The third-order valence-corrected chi connectivity index (χ3v) is 3.75. The van der Waals surface area contributed by atoms with Gasteiger partial charge in [0.15, 0.2) is 0 Å². The Balaban J connectivity index is 0.000000273. The average molecular weight is 388 g/mol. The molecule has 2 unspecified atom stereocenters. The quantitative estimate of drug-likeness (QED) is 0.425. The number of likely N-dealkylation sites (tertiary alicyclic amines) is 1. The van der Waals surface area contributed by atoms with Crippen LogP contribution in [0.3, 0.4) is 0 Å². The number of nitrogens with zero attached hydrogens (tertiary/aromatic N) is 1. The Hall–Kier alpha value is -2.11. The summed E-state index contributed by atoms with van der Waals surface area (Å²) in [5, 5.41) is 2.37. The number of ether oxygens (including phenoxy) is 3. The number of nitrogens with one attached hydrogen (secondary N) is 1. The van der Waals surface area contributed by atoms with Crippen molar-refractivity contribution in [2.75, 3.05) is 34.4 Å². The van der Waals surface area contributed by atoms with E-state index < -0.39 is 67.9 Å². The highest BCUT2D eigenvalue weighted by molar-refractivity contribution is 5.82. The molecule has 26 heavy (non-hydrogen) atoms. The molecule has 12 heteroatoms.